The summed E-state index contributed by atoms with van der Waals surface area (Å²) in [5, 5.41) is 2.97. The Kier molecular flexibility index (Phi) is 7.83. The van der Waals surface area contributed by atoms with E-state index in [-0.39, 0.29) is 17.9 Å². The Labute approximate surface area is 183 Å². The predicted molar refractivity (Wildman–Crippen MR) is 120 cm³/mol. The summed E-state index contributed by atoms with van der Waals surface area (Å²) in [6, 6.07) is 10.7. The van der Waals surface area contributed by atoms with Crippen LogP contribution in [0.15, 0.2) is 42.6 Å². The maximum absolute atomic E-state index is 12.8. The van der Waals surface area contributed by atoms with Crippen LogP contribution in [-0.2, 0) is 9.53 Å². The molecule has 3 rings (SSSR count). The molecule has 31 heavy (non-hydrogen) atoms. The fourth-order valence-corrected chi connectivity index (χ4v) is 3.61. The van der Waals surface area contributed by atoms with Crippen molar-refractivity contribution < 1.29 is 19.1 Å². The first-order valence-corrected chi connectivity index (χ1v) is 10.6. The zero-order valence-corrected chi connectivity index (χ0v) is 18.3. The summed E-state index contributed by atoms with van der Waals surface area (Å²) >= 11 is 0. The van der Waals surface area contributed by atoms with Crippen molar-refractivity contribution in [2.45, 2.75) is 26.3 Å². The molecule has 2 heterocycles. The zero-order valence-electron chi connectivity index (χ0n) is 18.3. The highest BCUT2D eigenvalue weighted by atomic mass is 16.5. The van der Waals surface area contributed by atoms with E-state index in [1.54, 1.807) is 26.3 Å². The van der Waals surface area contributed by atoms with Gasteiger partial charge >= 0.3 is 5.97 Å². The summed E-state index contributed by atoms with van der Waals surface area (Å²) in [4.78, 5) is 33.4. The van der Waals surface area contributed by atoms with E-state index in [0.717, 1.165) is 38.4 Å². The molecular formula is C23H30N4O4. The van der Waals surface area contributed by atoms with Crippen molar-refractivity contribution in [1.29, 1.82) is 0 Å². The van der Waals surface area contributed by atoms with Gasteiger partial charge in [-0.15, -0.1) is 0 Å². The smallest absolute Gasteiger partial charge is 0.339 e. The monoisotopic (exact) mass is 426 g/mol. The van der Waals surface area contributed by atoms with Crippen LogP contribution in [0.3, 0.4) is 0 Å². The van der Waals surface area contributed by atoms with E-state index in [1.807, 2.05) is 37.3 Å². The number of hydrogen-bond acceptors (Lipinski definition) is 7. The molecule has 0 bridgehead atoms. The van der Waals surface area contributed by atoms with Gasteiger partial charge < -0.3 is 19.7 Å². The Morgan fingerprint density at radius 1 is 1.13 bits per heavy atom. The van der Waals surface area contributed by atoms with Crippen LogP contribution in [0.2, 0.25) is 0 Å². The predicted octanol–water partition coefficient (Wildman–Crippen LogP) is 2.81. The number of nitrogens with zero attached hydrogens (tertiary/aromatic N) is 3. The number of pyridine rings is 1. The second-order valence-corrected chi connectivity index (χ2v) is 7.37. The molecule has 1 saturated heterocycles. The third-order valence-corrected chi connectivity index (χ3v) is 5.41. The Balaban J connectivity index is 1.59. The summed E-state index contributed by atoms with van der Waals surface area (Å²) in [6.07, 6.45) is 2.47. The highest BCUT2D eigenvalue weighted by Gasteiger charge is 2.25. The number of carbonyl (C=O) groups is 2. The van der Waals surface area contributed by atoms with E-state index in [1.165, 1.54) is 0 Å². The van der Waals surface area contributed by atoms with Crippen LogP contribution in [0.1, 0.15) is 30.6 Å². The van der Waals surface area contributed by atoms with Gasteiger partial charge in [0.1, 0.15) is 11.6 Å². The minimum atomic E-state index is -0.363. The molecule has 1 amide bonds. The number of anilines is 2. The Bertz CT molecular complexity index is 887. The molecule has 1 N–H and O–H groups in total. The number of nitrogens with one attached hydrogen (secondary N) is 1. The van der Waals surface area contributed by atoms with E-state index in [2.05, 4.69) is 20.1 Å². The molecular weight excluding hydrogens is 396 g/mol. The number of amides is 1. The molecule has 166 valence electrons. The van der Waals surface area contributed by atoms with Gasteiger partial charge in [0.05, 0.1) is 31.0 Å². The van der Waals surface area contributed by atoms with Crippen LogP contribution < -0.4 is 15.0 Å². The summed E-state index contributed by atoms with van der Waals surface area (Å²) in [5.41, 5.74) is 1.12. The fraction of sp³-hybridized carbons (Fsp3) is 0.435. The maximum Gasteiger partial charge on any atom is 0.339 e. The van der Waals surface area contributed by atoms with E-state index < -0.39 is 0 Å². The number of methoxy groups -OCH3 is 1. The van der Waals surface area contributed by atoms with E-state index in [4.69, 9.17) is 9.47 Å². The lowest BCUT2D eigenvalue weighted by atomic mass is 10.2. The van der Waals surface area contributed by atoms with Gasteiger partial charge in [-0.3, -0.25) is 9.69 Å². The summed E-state index contributed by atoms with van der Waals surface area (Å²) in [6.45, 7) is 7.18. The number of para-hydroxylation sites is 2. The van der Waals surface area contributed by atoms with E-state index in [9.17, 15) is 9.59 Å². The van der Waals surface area contributed by atoms with Gasteiger partial charge in [0.2, 0.25) is 5.91 Å². The minimum Gasteiger partial charge on any atom is -0.495 e. The number of carbonyl (C=O) groups excluding carboxylic acids is 2. The van der Waals surface area contributed by atoms with Crippen molar-refractivity contribution in [3.63, 3.8) is 0 Å². The van der Waals surface area contributed by atoms with Crippen molar-refractivity contribution in [2.24, 2.45) is 0 Å². The molecule has 1 aliphatic heterocycles. The lowest BCUT2D eigenvalue weighted by molar-refractivity contribution is -0.120. The van der Waals surface area contributed by atoms with Crippen LogP contribution >= 0.6 is 0 Å². The molecule has 1 aromatic heterocycles. The Morgan fingerprint density at radius 3 is 2.65 bits per heavy atom. The number of hydrogen-bond donors (Lipinski definition) is 1. The minimum absolute atomic E-state index is 0.0603. The lowest BCUT2D eigenvalue weighted by Gasteiger charge is -2.27. The first kappa shape index (κ1) is 22.6. The second kappa shape index (κ2) is 10.8. The highest BCUT2D eigenvalue weighted by molar-refractivity contribution is 5.95. The van der Waals surface area contributed by atoms with Crippen molar-refractivity contribution in [1.82, 2.24) is 9.88 Å². The third-order valence-electron chi connectivity index (χ3n) is 5.41. The Morgan fingerprint density at radius 2 is 1.94 bits per heavy atom. The number of aromatic nitrogens is 1. The first-order valence-electron chi connectivity index (χ1n) is 10.6. The largest absolute Gasteiger partial charge is 0.495 e. The molecule has 0 aliphatic carbocycles. The normalized spacial score (nSPS) is 15.6. The van der Waals surface area contributed by atoms with Crippen LogP contribution in [0.5, 0.6) is 5.75 Å². The van der Waals surface area contributed by atoms with Crippen molar-refractivity contribution in [3.8, 4) is 5.75 Å². The Hall–Kier alpha value is -3.13. The van der Waals surface area contributed by atoms with Gasteiger partial charge in [-0.25, -0.2) is 9.78 Å². The number of benzene rings is 1. The third kappa shape index (κ3) is 5.73. The standard InChI is InChI=1S/C23H30N4O4/c1-4-31-23(29)18-10-11-21(24-16-18)27-13-7-12-26(14-15-27)17(2)22(28)25-19-8-5-6-9-20(19)30-3/h5-6,8-11,16-17H,4,7,12-15H2,1-3H3,(H,25,28). The molecule has 1 fully saturated rings. The number of rotatable bonds is 7. The van der Waals surface area contributed by atoms with Gasteiger partial charge in [0.15, 0.2) is 0 Å². The molecule has 0 saturated carbocycles. The van der Waals surface area contributed by atoms with E-state index >= 15 is 0 Å². The molecule has 1 unspecified atom stereocenters. The van der Waals surface area contributed by atoms with Gasteiger partial charge in [-0.1, -0.05) is 12.1 Å². The molecule has 8 heteroatoms. The van der Waals surface area contributed by atoms with E-state index in [0.29, 0.717) is 23.6 Å². The topological polar surface area (TPSA) is 84.0 Å². The summed E-state index contributed by atoms with van der Waals surface area (Å²) < 4.78 is 10.3. The number of esters is 1. The van der Waals surface area contributed by atoms with Gasteiger partial charge in [-0.05, 0) is 44.5 Å². The molecule has 0 spiro atoms. The quantitative estimate of drug-likeness (QED) is 0.682. The van der Waals surface area contributed by atoms with Crippen molar-refractivity contribution >= 4 is 23.4 Å². The number of ether oxygens (including phenoxy) is 2. The molecule has 1 aliphatic rings. The second-order valence-electron chi connectivity index (χ2n) is 7.37. The summed E-state index contributed by atoms with van der Waals surface area (Å²) in [5.74, 6) is 1.04. The van der Waals surface area contributed by atoms with Crippen LogP contribution in [0.25, 0.3) is 0 Å². The van der Waals surface area contributed by atoms with Gasteiger partial charge in [-0.2, -0.15) is 0 Å². The highest BCUT2D eigenvalue weighted by Crippen LogP contribution is 2.24. The molecule has 1 aromatic carbocycles. The van der Waals surface area contributed by atoms with Crippen LogP contribution in [0, 0.1) is 0 Å². The fourth-order valence-electron chi connectivity index (χ4n) is 3.61. The molecule has 2 aromatic rings. The lowest BCUT2D eigenvalue weighted by Crippen LogP contribution is -2.44. The first-order chi connectivity index (χ1) is 15.0. The molecule has 0 radical (unpaired) electrons. The average Bonchev–Trinajstić information content (AvgIpc) is 3.05. The molecule has 1 atom stereocenters. The van der Waals surface area contributed by atoms with Crippen molar-refractivity contribution in [2.75, 3.05) is 50.1 Å². The van der Waals surface area contributed by atoms with Gasteiger partial charge in [0.25, 0.3) is 0 Å². The van der Waals surface area contributed by atoms with Crippen LogP contribution in [-0.4, -0.2) is 67.7 Å². The SMILES string of the molecule is CCOC(=O)c1ccc(N2CCCN(C(C)C(=O)Nc3ccccc3OC)CC2)nc1. The van der Waals surface area contributed by atoms with Crippen molar-refractivity contribution in [3.05, 3.63) is 48.2 Å². The zero-order chi connectivity index (χ0) is 22.2. The average molecular weight is 427 g/mol. The van der Waals surface area contributed by atoms with Crippen LogP contribution in [0.4, 0.5) is 11.5 Å². The summed E-state index contributed by atoms with van der Waals surface area (Å²) in [7, 11) is 1.59. The maximum atomic E-state index is 12.8. The molecule has 8 nitrogen and oxygen atoms in total. The van der Waals surface area contributed by atoms with Gasteiger partial charge in [0, 0.05) is 32.4 Å².